The van der Waals surface area contributed by atoms with E-state index in [-0.39, 0.29) is 0 Å². The van der Waals surface area contributed by atoms with Gasteiger partial charge in [-0.25, -0.2) is 4.39 Å². The first-order valence-corrected chi connectivity index (χ1v) is 4.81. The Morgan fingerprint density at radius 2 is 2.00 bits per heavy atom. The predicted octanol–water partition coefficient (Wildman–Crippen LogP) is 1.37. The molecule has 0 saturated carbocycles. The molecule has 0 amide bonds. The van der Waals surface area contributed by atoms with Gasteiger partial charge in [0.15, 0.2) is 0 Å². The molecule has 82 valence electrons. The minimum Gasteiger partial charge on any atom is -0.319 e. The Bertz CT molecular complexity index is 484. The predicted molar refractivity (Wildman–Crippen MR) is 57.0 cm³/mol. The second-order valence-corrected chi connectivity index (χ2v) is 3.50. The number of aryl methyl sites for hydroxylation is 1. The van der Waals surface area contributed by atoms with Crippen molar-refractivity contribution in [2.24, 2.45) is 5.73 Å². The van der Waals surface area contributed by atoms with E-state index in [1.165, 1.54) is 12.3 Å². The van der Waals surface area contributed by atoms with E-state index < -0.39 is 11.9 Å². The van der Waals surface area contributed by atoms with E-state index in [1.54, 1.807) is 12.4 Å². The highest BCUT2D eigenvalue weighted by atomic mass is 19.1. The van der Waals surface area contributed by atoms with Gasteiger partial charge in [0.2, 0.25) is 0 Å². The van der Waals surface area contributed by atoms with E-state index in [2.05, 4.69) is 15.0 Å². The normalized spacial score (nSPS) is 12.4. The van der Waals surface area contributed by atoms with Gasteiger partial charge in [-0.05, 0) is 18.6 Å². The molecule has 0 bridgehead atoms. The van der Waals surface area contributed by atoms with Crippen LogP contribution in [0.25, 0.3) is 0 Å². The summed E-state index contributed by atoms with van der Waals surface area (Å²) >= 11 is 0. The maximum Gasteiger partial charge on any atom is 0.141 e. The number of pyridine rings is 1. The Morgan fingerprint density at radius 3 is 2.62 bits per heavy atom. The molecule has 16 heavy (non-hydrogen) atoms. The summed E-state index contributed by atoms with van der Waals surface area (Å²) in [6, 6.07) is 0.843. The zero-order valence-electron chi connectivity index (χ0n) is 8.76. The summed E-state index contributed by atoms with van der Waals surface area (Å²) in [7, 11) is 0. The van der Waals surface area contributed by atoms with Crippen LogP contribution in [-0.4, -0.2) is 15.0 Å². The van der Waals surface area contributed by atoms with E-state index in [0.717, 1.165) is 11.9 Å². The number of halogens is 1. The average molecular weight is 218 g/mol. The van der Waals surface area contributed by atoms with Gasteiger partial charge in [0.1, 0.15) is 5.82 Å². The van der Waals surface area contributed by atoms with Crippen LogP contribution in [0.3, 0.4) is 0 Å². The molecule has 2 rings (SSSR count). The van der Waals surface area contributed by atoms with Crippen LogP contribution in [0.2, 0.25) is 0 Å². The van der Waals surface area contributed by atoms with Crippen molar-refractivity contribution in [1.29, 1.82) is 0 Å². The lowest BCUT2D eigenvalue weighted by atomic mass is 10.1. The molecule has 0 saturated heterocycles. The van der Waals surface area contributed by atoms with E-state index in [0.29, 0.717) is 11.3 Å². The van der Waals surface area contributed by atoms with Gasteiger partial charge < -0.3 is 5.73 Å². The van der Waals surface area contributed by atoms with Crippen LogP contribution in [-0.2, 0) is 0 Å². The molecule has 0 aliphatic heterocycles. The zero-order chi connectivity index (χ0) is 11.5. The van der Waals surface area contributed by atoms with Gasteiger partial charge in [0, 0.05) is 12.4 Å². The van der Waals surface area contributed by atoms with Crippen molar-refractivity contribution in [3.63, 3.8) is 0 Å². The summed E-state index contributed by atoms with van der Waals surface area (Å²) in [5.74, 6) is -0.409. The van der Waals surface area contributed by atoms with E-state index in [9.17, 15) is 4.39 Å². The number of hydrogen-bond donors (Lipinski definition) is 1. The Hall–Kier alpha value is -1.88. The molecule has 0 aromatic carbocycles. The quantitative estimate of drug-likeness (QED) is 0.826. The van der Waals surface area contributed by atoms with E-state index in [4.69, 9.17) is 5.73 Å². The molecule has 2 N–H and O–H groups in total. The van der Waals surface area contributed by atoms with Crippen molar-refractivity contribution in [2.45, 2.75) is 13.0 Å². The first-order valence-electron chi connectivity index (χ1n) is 4.81. The molecule has 2 aromatic rings. The third-order valence-corrected chi connectivity index (χ3v) is 2.20. The van der Waals surface area contributed by atoms with Gasteiger partial charge in [0.25, 0.3) is 0 Å². The highest BCUT2D eigenvalue weighted by molar-refractivity contribution is 5.23. The average Bonchev–Trinajstić information content (AvgIpc) is 2.29. The van der Waals surface area contributed by atoms with Gasteiger partial charge in [-0.1, -0.05) is 0 Å². The number of nitrogens with zero attached hydrogens (tertiary/aromatic N) is 3. The van der Waals surface area contributed by atoms with Crippen LogP contribution in [0.15, 0.2) is 30.9 Å². The van der Waals surface area contributed by atoms with Crippen LogP contribution in [0, 0.1) is 12.7 Å². The van der Waals surface area contributed by atoms with Crippen molar-refractivity contribution in [3.05, 3.63) is 53.6 Å². The van der Waals surface area contributed by atoms with Gasteiger partial charge in [-0.3, -0.25) is 15.0 Å². The summed E-state index contributed by atoms with van der Waals surface area (Å²) in [6.45, 7) is 1.84. The molecule has 0 fully saturated rings. The summed E-state index contributed by atoms with van der Waals surface area (Å²) in [6.07, 6.45) is 5.87. The molecule has 0 aliphatic rings. The molecule has 5 heteroatoms. The zero-order valence-corrected chi connectivity index (χ0v) is 8.76. The Labute approximate surface area is 92.4 Å². The SMILES string of the molecule is Cc1cnc(C(N)c2cncc(F)c2)cn1. The van der Waals surface area contributed by atoms with Crippen LogP contribution < -0.4 is 5.73 Å². The van der Waals surface area contributed by atoms with Crippen molar-refractivity contribution in [3.8, 4) is 0 Å². The molecule has 0 spiro atoms. The maximum atomic E-state index is 13.0. The Morgan fingerprint density at radius 1 is 1.19 bits per heavy atom. The van der Waals surface area contributed by atoms with E-state index in [1.807, 2.05) is 6.92 Å². The van der Waals surface area contributed by atoms with Crippen molar-refractivity contribution >= 4 is 0 Å². The molecule has 0 radical (unpaired) electrons. The Kier molecular flexibility index (Phi) is 2.87. The van der Waals surface area contributed by atoms with E-state index >= 15 is 0 Å². The third-order valence-electron chi connectivity index (χ3n) is 2.20. The molecule has 2 aromatic heterocycles. The molecular weight excluding hydrogens is 207 g/mol. The van der Waals surface area contributed by atoms with Crippen molar-refractivity contribution in [2.75, 3.05) is 0 Å². The van der Waals surface area contributed by atoms with Gasteiger partial charge in [-0.2, -0.15) is 0 Å². The van der Waals surface area contributed by atoms with Crippen LogP contribution >= 0.6 is 0 Å². The van der Waals surface area contributed by atoms with Gasteiger partial charge in [-0.15, -0.1) is 0 Å². The van der Waals surface area contributed by atoms with Crippen molar-refractivity contribution < 1.29 is 4.39 Å². The highest BCUT2D eigenvalue weighted by Gasteiger charge is 2.11. The lowest BCUT2D eigenvalue weighted by Crippen LogP contribution is -2.14. The topological polar surface area (TPSA) is 64.7 Å². The van der Waals surface area contributed by atoms with Crippen LogP contribution in [0.4, 0.5) is 4.39 Å². The second-order valence-electron chi connectivity index (χ2n) is 3.50. The summed E-state index contributed by atoms with van der Waals surface area (Å²) in [4.78, 5) is 12.0. The fourth-order valence-electron chi connectivity index (χ4n) is 1.33. The summed E-state index contributed by atoms with van der Waals surface area (Å²) < 4.78 is 13.0. The fourth-order valence-corrected chi connectivity index (χ4v) is 1.33. The lowest BCUT2D eigenvalue weighted by Gasteiger charge is -2.10. The number of hydrogen-bond acceptors (Lipinski definition) is 4. The molecule has 1 unspecified atom stereocenters. The monoisotopic (exact) mass is 218 g/mol. The number of aromatic nitrogens is 3. The molecule has 2 heterocycles. The summed E-state index contributed by atoms with van der Waals surface area (Å²) in [5.41, 5.74) is 7.92. The maximum absolute atomic E-state index is 13.0. The van der Waals surface area contributed by atoms with Gasteiger partial charge in [0.05, 0.1) is 29.8 Å². The fraction of sp³-hybridized carbons (Fsp3) is 0.182. The molecule has 0 aliphatic carbocycles. The first-order chi connectivity index (χ1) is 7.66. The first kappa shape index (κ1) is 10.6. The second kappa shape index (κ2) is 4.32. The number of nitrogens with two attached hydrogens (primary N) is 1. The molecule has 4 nitrogen and oxygen atoms in total. The number of rotatable bonds is 2. The standard InChI is InChI=1S/C11H11FN4/c1-7-3-16-10(6-15-7)11(13)8-2-9(12)5-14-4-8/h2-6,11H,13H2,1H3. The summed E-state index contributed by atoms with van der Waals surface area (Å²) in [5, 5.41) is 0. The largest absolute Gasteiger partial charge is 0.319 e. The van der Waals surface area contributed by atoms with Gasteiger partial charge >= 0.3 is 0 Å². The third kappa shape index (κ3) is 2.20. The smallest absolute Gasteiger partial charge is 0.141 e. The highest BCUT2D eigenvalue weighted by Crippen LogP contribution is 2.16. The lowest BCUT2D eigenvalue weighted by molar-refractivity contribution is 0.615. The van der Waals surface area contributed by atoms with Crippen molar-refractivity contribution in [1.82, 2.24) is 15.0 Å². The molecule has 1 atom stereocenters. The van der Waals surface area contributed by atoms with Crippen LogP contribution in [0.1, 0.15) is 23.0 Å². The minimum absolute atomic E-state index is 0.409. The molecular formula is C11H11FN4. The Balaban J connectivity index is 2.31. The van der Waals surface area contributed by atoms with Crippen LogP contribution in [0.5, 0.6) is 0 Å². The minimum atomic E-state index is -0.503.